The van der Waals surface area contributed by atoms with Crippen LogP contribution in [0.25, 0.3) is 0 Å². The molecular weight excluding hydrogens is 174 g/mol. The van der Waals surface area contributed by atoms with E-state index in [1.165, 1.54) is 12.8 Å². The summed E-state index contributed by atoms with van der Waals surface area (Å²) >= 11 is 0. The van der Waals surface area contributed by atoms with E-state index >= 15 is 0 Å². The number of benzene rings is 1. The molecule has 0 unspecified atom stereocenters. The van der Waals surface area contributed by atoms with E-state index in [4.69, 9.17) is 5.73 Å². The summed E-state index contributed by atoms with van der Waals surface area (Å²) in [6, 6.07) is 7.29. The predicted octanol–water partition coefficient (Wildman–Crippen LogP) is 2.97. The number of para-hydroxylation sites is 1. The Morgan fingerprint density at radius 1 is 1.29 bits per heavy atom. The summed E-state index contributed by atoms with van der Waals surface area (Å²) in [6.45, 7) is 2.17. The molecule has 2 nitrogen and oxygen atoms in total. The smallest absolute Gasteiger partial charge is 0.120 e. The van der Waals surface area contributed by atoms with E-state index in [9.17, 15) is 5.11 Å². The molecule has 0 aliphatic heterocycles. The minimum absolute atomic E-state index is 0.0252. The Labute approximate surface area is 85.8 Å². The molecule has 0 spiro atoms. The van der Waals surface area contributed by atoms with Gasteiger partial charge in [-0.3, -0.25) is 0 Å². The summed E-state index contributed by atoms with van der Waals surface area (Å²) in [5.74, 6) is 0.316. The third-order valence-corrected chi connectivity index (χ3v) is 2.45. The molecule has 2 heteroatoms. The van der Waals surface area contributed by atoms with Crippen LogP contribution in [-0.4, -0.2) is 5.11 Å². The molecule has 0 radical (unpaired) electrons. The highest BCUT2D eigenvalue weighted by atomic mass is 16.3. The van der Waals surface area contributed by atoms with E-state index < -0.39 is 0 Å². The van der Waals surface area contributed by atoms with Crippen molar-refractivity contribution in [3.05, 3.63) is 29.8 Å². The first-order valence-electron chi connectivity index (χ1n) is 5.29. The van der Waals surface area contributed by atoms with Gasteiger partial charge in [0.15, 0.2) is 0 Å². The summed E-state index contributed by atoms with van der Waals surface area (Å²) in [7, 11) is 0. The van der Waals surface area contributed by atoms with E-state index in [1.54, 1.807) is 6.07 Å². The highest BCUT2D eigenvalue weighted by Gasteiger charge is 2.08. The van der Waals surface area contributed by atoms with Gasteiger partial charge < -0.3 is 10.8 Å². The van der Waals surface area contributed by atoms with Crippen LogP contribution in [0.2, 0.25) is 0 Å². The zero-order valence-corrected chi connectivity index (χ0v) is 8.74. The molecule has 3 N–H and O–H groups in total. The highest BCUT2D eigenvalue weighted by Crippen LogP contribution is 2.25. The zero-order chi connectivity index (χ0) is 10.4. The summed E-state index contributed by atoms with van der Waals surface area (Å²) < 4.78 is 0. The molecule has 0 saturated carbocycles. The molecule has 0 heterocycles. The molecule has 0 bridgehead atoms. The van der Waals surface area contributed by atoms with Gasteiger partial charge in [0.05, 0.1) is 0 Å². The van der Waals surface area contributed by atoms with Crippen molar-refractivity contribution in [3.8, 4) is 5.75 Å². The zero-order valence-electron chi connectivity index (χ0n) is 8.74. The minimum atomic E-state index is -0.0252. The Kier molecular flexibility index (Phi) is 4.47. The lowest BCUT2D eigenvalue weighted by atomic mass is 10.0. The van der Waals surface area contributed by atoms with Gasteiger partial charge in [0.2, 0.25) is 0 Å². The Morgan fingerprint density at radius 3 is 2.64 bits per heavy atom. The fraction of sp³-hybridized carbons (Fsp3) is 0.500. The molecule has 1 rings (SSSR count). The lowest BCUT2D eigenvalue weighted by molar-refractivity contribution is 0.456. The molecule has 0 fully saturated rings. The first-order chi connectivity index (χ1) is 6.75. The second-order valence-corrected chi connectivity index (χ2v) is 3.66. The van der Waals surface area contributed by atoms with E-state index in [1.807, 2.05) is 18.2 Å². The van der Waals surface area contributed by atoms with Crippen molar-refractivity contribution in [2.24, 2.45) is 5.73 Å². The minimum Gasteiger partial charge on any atom is -0.508 e. The van der Waals surface area contributed by atoms with Crippen LogP contribution in [0.1, 0.15) is 44.2 Å². The maximum absolute atomic E-state index is 9.56. The average molecular weight is 193 g/mol. The number of hydrogen-bond donors (Lipinski definition) is 2. The number of rotatable bonds is 5. The van der Waals surface area contributed by atoms with Gasteiger partial charge in [0.25, 0.3) is 0 Å². The lowest BCUT2D eigenvalue weighted by Crippen LogP contribution is -2.10. The van der Waals surface area contributed by atoms with Gasteiger partial charge >= 0.3 is 0 Å². The third kappa shape index (κ3) is 3.04. The van der Waals surface area contributed by atoms with Gasteiger partial charge in [0, 0.05) is 11.6 Å². The summed E-state index contributed by atoms with van der Waals surface area (Å²) in [6.07, 6.45) is 4.49. The SMILES string of the molecule is CCCCC[C@H](N)c1ccccc1O. The summed E-state index contributed by atoms with van der Waals surface area (Å²) in [4.78, 5) is 0. The lowest BCUT2D eigenvalue weighted by Gasteiger charge is -2.12. The number of phenols is 1. The van der Waals surface area contributed by atoms with Crippen molar-refractivity contribution in [3.63, 3.8) is 0 Å². The van der Waals surface area contributed by atoms with Crippen molar-refractivity contribution in [2.75, 3.05) is 0 Å². The van der Waals surface area contributed by atoms with Crippen LogP contribution in [0.5, 0.6) is 5.75 Å². The molecule has 1 aromatic carbocycles. The molecule has 0 amide bonds. The van der Waals surface area contributed by atoms with Gasteiger partial charge in [-0.15, -0.1) is 0 Å². The van der Waals surface area contributed by atoms with Crippen LogP contribution >= 0.6 is 0 Å². The number of nitrogens with two attached hydrogens (primary N) is 1. The van der Waals surface area contributed by atoms with Crippen LogP contribution in [0.15, 0.2) is 24.3 Å². The first-order valence-corrected chi connectivity index (χ1v) is 5.29. The third-order valence-electron chi connectivity index (χ3n) is 2.45. The normalized spacial score (nSPS) is 12.7. The first kappa shape index (κ1) is 11.1. The molecule has 14 heavy (non-hydrogen) atoms. The number of aromatic hydroxyl groups is 1. The van der Waals surface area contributed by atoms with Crippen LogP contribution in [-0.2, 0) is 0 Å². The van der Waals surface area contributed by atoms with Crippen LogP contribution < -0.4 is 5.73 Å². The van der Waals surface area contributed by atoms with Crippen LogP contribution in [0.3, 0.4) is 0 Å². The number of hydrogen-bond acceptors (Lipinski definition) is 2. The maximum Gasteiger partial charge on any atom is 0.120 e. The number of unbranched alkanes of at least 4 members (excludes halogenated alkanes) is 2. The molecule has 0 aliphatic rings. The van der Waals surface area contributed by atoms with Crippen LogP contribution in [0.4, 0.5) is 0 Å². The van der Waals surface area contributed by atoms with Crippen molar-refractivity contribution in [1.29, 1.82) is 0 Å². The van der Waals surface area contributed by atoms with Crippen molar-refractivity contribution < 1.29 is 5.11 Å². The second-order valence-electron chi connectivity index (χ2n) is 3.66. The van der Waals surface area contributed by atoms with E-state index in [2.05, 4.69) is 6.92 Å². The van der Waals surface area contributed by atoms with Gasteiger partial charge in [0.1, 0.15) is 5.75 Å². The standard InChI is InChI=1S/C12H19NO/c1-2-3-4-8-11(13)10-7-5-6-9-12(10)14/h5-7,9,11,14H,2-4,8,13H2,1H3/t11-/m0/s1. The highest BCUT2D eigenvalue weighted by molar-refractivity contribution is 5.34. The predicted molar refractivity (Wildman–Crippen MR) is 59.2 cm³/mol. The van der Waals surface area contributed by atoms with Crippen molar-refractivity contribution >= 4 is 0 Å². The molecule has 0 aliphatic carbocycles. The van der Waals surface area contributed by atoms with Crippen molar-refractivity contribution in [2.45, 2.75) is 38.6 Å². The molecule has 1 aromatic rings. The Balaban J connectivity index is 2.51. The van der Waals surface area contributed by atoms with Crippen LogP contribution in [0, 0.1) is 0 Å². The fourth-order valence-corrected chi connectivity index (χ4v) is 1.57. The Morgan fingerprint density at radius 2 is 2.00 bits per heavy atom. The molecule has 1 atom stereocenters. The molecule has 0 aromatic heterocycles. The molecular formula is C12H19NO. The maximum atomic E-state index is 9.56. The Hall–Kier alpha value is -1.02. The van der Waals surface area contributed by atoms with Gasteiger partial charge in [-0.1, -0.05) is 44.4 Å². The second kappa shape index (κ2) is 5.66. The monoisotopic (exact) mass is 193 g/mol. The van der Waals surface area contributed by atoms with Gasteiger partial charge in [-0.25, -0.2) is 0 Å². The van der Waals surface area contributed by atoms with E-state index in [-0.39, 0.29) is 6.04 Å². The van der Waals surface area contributed by atoms with Crippen molar-refractivity contribution in [1.82, 2.24) is 0 Å². The van der Waals surface area contributed by atoms with Gasteiger partial charge in [-0.05, 0) is 12.5 Å². The number of phenolic OH excluding ortho intramolecular Hbond substituents is 1. The Bertz CT molecular complexity index is 273. The summed E-state index contributed by atoms with van der Waals surface area (Å²) in [5.41, 5.74) is 6.84. The molecule has 78 valence electrons. The average Bonchev–Trinajstić information content (AvgIpc) is 2.18. The van der Waals surface area contributed by atoms with E-state index in [0.717, 1.165) is 18.4 Å². The van der Waals surface area contributed by atoms with Gasteiger partial charge in [-0.2, -0.15) is 0 Å². The summed E-state index contributed by atoms with van der Waals surface area (Å²) in [5, 5.41) is 9.56. The van der Waals surface area contributed by atoms with E-state index in [0.29, 0.717) is 5.75 Å². The largest absolute Gasteiger partial charge is 0.508 e. The fourth-order valence-electron chi connectivity index (χ4n) is 1.57. The molecule has 0 saturated heterocycles. The quantitative estimate of drug-likeness (QED) is 0.706. The topological polar surface area (TPSA) is 46.2 Å².